The third-order valence-electron chi connectivity index (χ3n) is 3.61. The lowest BCUT2D eigenvalue weighted by Gasteiger charge is -2.16. The third kappa shape index (κ3) is 8.97. The molecule has 1 unspecified atom stereocenters. The number of hydrogen-bond donors (Lipinski definition) is 1. The van der Waals surface area contributed by atoms with Crippen LogP contribution in [0.25, 0.3) is 0 Å². The molecule has 0 fully saturated rings. The van der Waals surface area contributed by atoms with Crippen LogP contribution in [0.4, 0.5) is 5.69 Å². The van der Waals surface area contributed by atoms with Crippen LogP contribution in [-0.2, 0) is 20.9 Å². The van der Waals surface area contributed by atoms with Gasteiger partial charge in [-0.05, 0) is 24.1 Å². The van der Waals surface area contributed by atoms with Gasteiger partial charge in [0.1, 0.15) is 12.7 Å². The summed E-state index contributed by atoms with van der Waals surface area (Å²) in [4.78, 5) is 41.5. The second kappa shape index (κ2) is 12.5. The van der Waals surface area contributed by atoms with Crippen molar-refractivity contribution in [3.05, 3.63) is 85.6 Å². The smallest absolute Gasteiger partial charge is 0.294 e. The Kier molecular flexibility index (Phi) is 10.4. The third-order valence-corrected chi connectivity index (χ3v) is 4.81. The molecule has 0 bridgehead atoms. The van der Waals surface area contributed by atoms with Gasteiger partial charge in [-0.25, -0.2) is 0 Å². The number of nitrogens with zero attached hydrogens (tertiary/aromatic N) is 2. The normalized spacial score (nSPS) is 12.2. The largest absolute Gasteiger partial charge is 0.354 e. The van der Waals surface area contributed by atoms with Crippen molar-refractivity contribution in [1.29, 1.82) is 0 Å². The maximum atomic E-state index is 12.4. The van der Waals surface area contributed by atoms with E-state index in [-0.39, 0.29) is 22.3 Å². The van der Waals surface area contributed by atoms with E-state index in [9.17, 15) is 25.0 Å². The number of para-hydroxylation sites is 1. The van der Waals surface area contributed by atoms with Gasteiger partial charge in [-0.1, -0.05) is 60.8 Å². The molecule has 0 saturated carbocycles. The molecule has 0 spiro atoms. The molecule has 0 aromatic heterocycles. The SMILES string of the molecule is C=C/C(C)=C(/Nc1ccccc1CC(=O)SCC(CO[N+](=O)[O-])O[N+](=O)[O-])C(=C)Cl. The van der Waals surface area contributed by atoms with Gasteiger partial charge in [0.2, 0.25) is 0 Å². The van der Waals surface area contributed by atoms with Gasteiger partial charge >= 0.3 is 0 Å². The lowest BCUT2D eigenvalue weighted by molar-refractivity contribution is -0.788. The van der Waals surface area contributed by atoms with Crippen LogP contribution in [0, 0.1) is 20.2 Å². The van der Waals surface area contributed by atoms with Crippen LogP contribution < -0.4 is 5.32 Å². The fourth-order valence-corrected chi connectivity index (χ4v) is 3.16. The summed E-state index contributed by atoms with van der Waals surface area (Å²) in [5, 5.41) is 21.7. The molecule has 0 radical (unpaired) electrons. The Bertz CT molecular complexity index is 860. The first-order valence-electron chi connectivity index (χ1n) is 8.41. The average Bonchev–Trinajstić information content (AvgIpc) is 2.68. The molecule has 12 heteroatoms. The first-order valence-corrected chi connectivity index (χ1v) is 9.77. The summed E-state index contributed by atoms with van der Waals surface area (Å²) in [6.45, 7) is 8.54. The van der Waals surface area contributed by atoms with E-state index in [0.717, 1.165) is 17.3 Å². The number of carbonyl (C=O) groups is 1. The highest BCUT2D eigenvalue weighted by atomic mass is 35.5. The maximum absolute atomic E-state index is 12.4. The van der Waals surface area contributed by atoms with Gasteiger partial charge in [-0.3, -0.25) is 4.79 Å². The van der Waals surface area contributed by atoms with Crippen molar-refractivity contribution in [3.8, 4) is 0 Å². The van der Waals surface area contributed by atoms with Crippen molar-refractivity contribution in [3.63, 3.8) is 0 Å². The van der Waals surface area contributed by atoms with Crippen LogP contribution in [0.2, 0.25) is 0 Å². The summed E-state index contributed by atoms with van der Waals surface area (Å²) in [7, 11) is 0. The fourth-order valence-electron chi connectivity index (χ4n) is 2.18. The Morgan fingerprint density at radius 1 is 1.33 bits per heavy atom. The minimum Gasteiger partial charge on any atom is -0.354 e. The highest BCUT2D eigenvalue weighted by Crippen LogP contribution is 2.25. The van der Waals surface area contributed by atoms with E-state index < -0.39 is 22.9 Å². The first-order chi connectivity index (χ1) is 14.1. The summed E-state index contributed by atoms with van der Waals surface area (Å²) in [6.07, 6.45) is 0.337. The van der Waals surface area contributed by atoms with Crippen molar-refractivity contribution >= 4 is 34.2 Å². The number of hydrogen-bond acceptors (Lipinski definition) is 9. The van der Waals surface area contributed by atoms with Crippen molar-refractivity contribution in [2.75, 3.05) is 17.7 Å². The zero-order valence-corrected chi connectivity index (χ0v) is 17.6. The standard InChI is InChI=1S/C18H20ClN3O7S/c1-4-12(2)18(13(3)19)20-16-8-6-5-7-14(16)9-17(23)30-11-15(29-22(26)27)10-28-21(24)25/h4-8,15,20H,1,3,9-11H2,2H3/b18-12+. The van der Waals surface area contributed by atoms with E-state index >= 15 is 0 Å². The Morgan fingerprint density at radius 3 is 2.57 bits per heavy atom. The number of thioether (sulfide) groups is 1. The number of anilines is 1. The molecular formula is C18H20ClN3O7S. The van der Waals surface area contributed by atoms with Crippen molar-refractivity contribution in [2.45, 2.75) is 19.4 Å². The van der Waals surface area contributed by atoms with Gasteiger partial charge < -0.3 is 15.0 Å². The molecule has 30 heavy (non-hydrogen) atoms. The van der Waals surface area contributed by atoms with E-state index in [2.05, 4.69) is 28.1 Å². The van der Waals surface area contributed by atoms with Gasteiger partial charge in [-0.15, -0.1) is 20.2 Å². The van der Waals surface area contributed by atoms with Gasteiger partial charge in [0.05, 0.1) is 10.7 Å². The molecule has 0 aliphatic rings. The topological polar surface area (TPSA) is 134 Å². The number of benzene rings is 1. The number of carbonyl (C=O) groups excluding carboxylic acids is 1. The van der Waals surface area contributed by atoms with Crippen LogP contribution in [0.3, 0.4) is 0 Å². The molecular weight excluding hydrogens is 438 g/mol. The quantitative estimate of drug-likeness (QED) is 0.266. The molecule has 1 aromatic carbocycles. The molecule has 162 valence electrons. The van der Waals surface area contributed by atoms with Gasteiger partial charge in [0, 0.05) is 17.9 Å². The highest BCUT2D eigenvalue weighted by molar-refractivity contribution is 8.13. The molecule has 1 aromatic rings. The summed E-state index contributed by atoms with van der Waals surface area (Å²) < 4.78 is 0. The van der Waals surface area contributed by atoms with Crippen LogP contribution in [0.1, 0.15) is 12.5 Å². The Hall–Kier alpha value is -3.05. The Labute approximate surface area is 181 Å². The molecule has 0 saturated heterocycles. The lowest BCUT2D eigenvalue weighted by atomic mass is 10.1. The predicted octanol–water partition coefficient (Wildman–Crippen LogP) is 3.90. The molecule has 0 heterocycles. The number of halogens is 1. The lowest BCUT2D eigenvalue weighted by Crippen LogP contribution is -2.27. The average molecular weight is 458 g/mol. The molecule has 10 nitrogen and oxygen atoms in total. The zero-order valence-electron chi connectivity index (χ0n) is 16.0. The Balaban J connectivity index is 2.84. The van der Waals surface area contributed by atoms with E-state index in [1.807, 2.05) is 0 Å². The number of rotatable bonds is 13. The number of nitrogens with one attached hydrogen (secondary N) is 1. The van der Waals surface area contributed by atoms with Crippen molar-refractivity contribution in [2.24, 2.45) is 0 Å². The fraction of sp³-hybridized carbons (Fsp3) is 0.278. The van der Waals surface area contributed by atoms with Crippen LogP contribution >= 0.6 is 23.4 Å². The maximum Gasteiger partial charge on any atom is 0.294 e. The van der Waals surface area contributed by atoms with Crippen LogP contribution in [0.15, 0.2) is 59.8 Å². The molecule has 1 rings (SSSR count). The Morgan fingerprint density at radius 2 is 2.00 bits per heavy atom. The van der Waals surface area contributed by atoms with Crippen LogP contribution in [-0.4, -0.2) is 33.8 Å². The van der Waals surface area contributed by atoms with Gasteiger partial charge in [0.15, 0.2) is 5.12 Å². The van der Waals surface area contributed by atoms with E-state index in [4.69, 9.17) is 11.6 Å². The molecule has 0 aliphatic carbocycles. The minimum atomic E-state index is -1.27. The van der Waals surface area contributed by atoms with Crippen LogP contribution in [0.5, 0.6) is 0 Å². The summed E-state index contributed by atoms with van der Waals surface area (Å²) in [6, 6.07) is 7.02. The molecule has 0 aliphatic heterocycles. The van der Waals surface area contributed by atoms with E-state index in [1.54, 1.807) is 37.3 Å². The zero-order chi connectivity index (χ0) is 22.7. The second-order valence-corrected chi connectivity index (χ2v) is 7.31. The first kappa shape index (κ1) is 25.0. The van der Waals surface area contributed by atoms with E-state index in [1.165, 1.54) is 0 Å². The highest BCUT2D eigenvalue weighted by Gasteiger charge is 2.19. The second-order valence-electron chi connectivity index (χ2n) is 5.78. The number of allylic oxidation sites excluding steroid dienone is 3. The summed E-state index contributed by atoms with van der Waals surface area (Å²) in [5.41, 5.74) is 2.58. The molecule has 1 N–H and O–H groups in total. The van der Waals surface area contributed by atoms with Crippen molar-refractivity contribution in [1.82, 2.24) is 0 Å². The summed E-state index contributed by atoms with van der Waals surface area (Å²) >= 11 is 6.79. The minimum absolute atomic E-state index is 0.00963. The molecule has 0 amide bonds. The monoisotopic (exact) mass is 457 g/mol. The predicted molar refractivity (Wildman–Crippen MR) is 114 cm³/mol. The van der Waals surface area contributed by atoms with Gasteiger partial charge in [0.25, 0.3) is 10.2 Å². The van der Waals surface area contributed by atoms with Crippen molar-refractivity contribution < 1.29 is 24.6 Å². The van der Waals surface area contributed by atoms with E-state index in [0.29, 0.717) is 16.9 Å². The summed E-state index contributed by atoms with van der Waals surface area (Å²) in [5.74, 6) is -0.192. The van der Waals surface area contributed by atoms with Gasteiger partial charge in [-0.2, -0.15) is 0 Å². The molecule has 1 atom stereocenters.